The zero-order valence-electron chi connectivity index (χ0n) is 10.4. The molecule has 1 fully saturated rings. The second kappa shape index (κ2) is 8.12. The second-order valence-corrected chi connectivity index (χ2v) is 4.61. The first-order valence-corrected chi connectivity index (χ1v) is 6.68. The Balaban J connectivity index is 1.99. The summed E-state index contributed by atoms with van der Waals surface area (Å²) in [5.41, 5.74) is 0. The van der Waals surface area contributed by atoms with Gasteiger partial charge in [-0.2, -0.15) is 0 Å². The Morgan fingerprint density at radius 3 is 2.67 bits per heavy atom. The van der Waals surface area contributed by atoms with Gasteiger partial charge >= 0.3 is 0 Å². The van der Waals surface area contributed by atoms with Crippen molar-refractivity contribution in [1.82, 2.24) is 5.32 Å². The van der Waals surface area contributed by atoms with Gasteiger partial charge in [-0.1, -0.05) is 19.8 Å². The first kappa shape index (κ1) is 13.0. The summed E-state index contributed by atoms with van der Waals surface area (Å²) >= 11 is 0. The lowest BCUT2D eigenvalue weighted by Crippen LogP contribution is -2.29. The third-order valence-corrected chi connectivity index (χ3v) is 3.16. The molecule has 0 heterocycles. The van der Waals surface area contributed by atoms with Crippen LogP contribution in [0.15, 0.2) is 0 Å². The van der Waals surface area contributed by atoms with Gasteiger partial charge in [-0.3, -0.25) is 0 Å². The van der Waals surface area contributed by atoms with Crippen LogP contribution in [0.3, 0.4) is 0 Å². The summed E-state index contributed by atoms with van der Waals surface area (Å²) in [4.78, 5) is 0. The van der Waals surface area contributed by atoms with Crippen molar-refractivity contribution in [3.63, 3.8) is 0 Å². The predicted molar refractivity (Wildman–Crippen MR) is 65.1 cm³/mol. The summed E-state index contributed by atoms with van der Waals surface area (Å²) in [7, 11) is 0. The SMILES string of the molecule is CCNC(CCCOCC)CCC1CC1. The van der Waals surface area contributed by atoms with E-state index in [0.717, 1.165) is 31.7 Å². The zero-order chi connectivity index (χ0) is 10.9. The van der Waals surface area contributed by atoms with Crippen molar-refractivity contribution >= 4 is 0 Å². The monoisotopic (exact) mass is 213 g/mol. The van der Waals surface area contributed by atoms with Crippen LogP contribution in [0.1, 0.15) is 52.4 Å². The lowest BCUT2D eigenvalue weighted by molar-refractivity contribution is 0.140. The fraction of sp³-hybridized carbons (Fsp3) is 1.00. The van der Waals surface area contributed by atoms with Crippen molar-refractivity contribution in [3.05, 3.63) is 0 Å². The molecule has 1 atom stereocenters. The van der Waals surface area contributed by atoms with E-state index in [9.17, 15) is 0 Å². The highest BCUT2D eigenvalue weighted by Crippen LogP contribution is 2.34. The molecule has 0 bridgehead atoms. The Labute approximate surface area is 94.8 Å². The van der Waals surface area contributed by atoms with Crippen LogP contribution in [-0.4, -0.2) is 25.8 Å². The van der Waals surface area contributed by atoms with Gasteiger partial charge in [0.05, 0.1) is 0 Å². The maximum absolute atomic E-state index is 5.37. The Hall–Kier alpha value is -0.0800. The molecule has 0 saturated heterocycles. The molecule has 1 saturated carbocycles. The van der Waals surface area contributed by atoms with Gasteiger partial charge < -0.3 is 10.1 Å². The highest BCUT2D eigenvalue weighted by molar-refractivity contribution is 4.76. The van der Waals surface area contributed by atoms with Gasteiger partial charge in [0.15, 0.2) is 0 Å². The fourth-order valence-electron chi connectivity index (χ4n) is 2.06. The smallest absolute Gasteiger partial charge is 0.0466 e. The van der Waals surface area contributed by atoms with Crippen molar-refractivity contribution in [1.29, 1.82) is 0 Å². The van der Waals surface area contributed by atoms with Gasteiger partial charge in [0.1, 0.15) is 0 Å². The Morgan fingerprint density at radius 2 is 2.07 bits per heavy atom. The molecule has 1 aliphatic rings. The summed E-state index contributed by atoms with van der Waals surface area (Å²) in [6, 6.07) is 0.732. The third kappa shape index (κ3) is 6.91. The van der Waals surface area contributed by atoms with E-state index in [4.69, 9.17) is 4.74 Å². The molecule has 0 amide bonds. The Bertz CT molecular complexity index is 145. The highest BCUT2D eigenvalue weighted by atomic mass is 16.5. The van der Waals surface area contributed by atoms with Crippen LogP contribution >= 0.6 is 0 Å². The van der Waals surface area contributed by atoms with Crippen molar-refractivity contribution in [3.8, 4) is 0 Å². The Morgan fingerprint density at radius 1 is 1.27 bits per heavy atom. The molecule has 1 N–H and O–H groups in total. The standard InChI is InChI=1S/C13H27NO/c1-3-14-13(6-5-11-15-4-2)10-9-12-7-8-12/h12-14H,3-11H2,1-2H3. The minimum absolute atomic E-state index is 0.732. The summed E-state index contributed by atoms with van der Waals surface area (Å²) in [5.74, 6) is 1.07. The minimum atomic E-state index is 0.732. The van der Waals surface area contributed by atoms with E-state index in [1.165, 1.54) is 38.5 Å². The largest absolute Gasteiger partial charge is 0.382 e. The molecular weight excluding hydrogens is 186 g/mol. The molecule has 0 radical (unpaired) electrons. The van der Waals surface area contributed by atoms with Gasteiger partial charge in [0.2, 0.25) is 0 Å². The van der Waals surface area contributed by atoms with Crippen LogP contribution in [0, 0.1) is 5.92 Å². The summed E-state index contributed by atoms with van der Waals surface area (Å²) in [6.45, 7) is 7.15. The van der Waals surface area contributed by atoms with E-state index in [1.54, 1.807) is 0 Å². The maximum atomic E-state index is 5.37. The van der Waals surface area contributed by atoms with E-state index in [0.29, 0.717) is 0 Å². The van der Waals surface area contributed by atoms with Crippen LogP contribution in [0.4, 0.5) is 0 Å². The topological polar surface area (TPSA) is 21.3 Å². The quantitative estimate of drug-likeness (QED) is 0.563. The van der Waals surface area contributed by atoms with Crippen LogP contribution in [0.2, 0.25) is 0 Å². The number of hydrogen-bond acceptors (Lipinski definition) is 2. The molecule has 0 spiro atoms. The molecule has 1 aliphatic carbocycles. The molecular formula is C13H27NO. The van der Waals surface area contributed by atoms with E-state index in [-0.39, 0.29) is 0 Å². The third-order valence-electron chi connectivity index (χ3n) is 3.16. The molecule has 2 heteroatoms. The van der Waals surface area contributed by atoms with Gasteiger partial charge in [-0.05, 0) is 45.1 Å². The average molecular weight is 213 g/mol. The lowest BCUT2D eigenvalue weighted by Gasteiger charge is -2.17. The molecule has 0 aromatic rings. The second-order valence-electron chi connectivity index (χ2n) is 4.61. The highest BCUT2D eigenvalue weighted by Gasteiger charge is 2.22. The van der Waals surface area contributed by atoms with Crippen LogP contribution in [0.25, 0.3) is 0 Å². The Kier molecular flexibility index (Phi) is 7.03. The summed E-state index contributed by atoms with van der Waals surface area (Å²) in [6.07, 6.45) is 8.25. The van der Waals surface area contributed by atoms with E-state index in [1.807, 2.05) is 0 Å². The number of rotatable bonds is 10. The molecule has 1 rings (SSSR count). The van der Waals surface area contributed by atoms with E-state index >= 15 is 0 Å². The van der Waals surface area contributed by atoms with E-state index < -0.39 is 0 Å². The van der Waals surface area contributed by atoms with Crippen molar-refractivity contribution in [2.24, 2.45) is 5.92 Å². The predicted octanol–water partition coefficient (Wildman–Crippen LogP) is 2.97. The van der Waals surface area contributed by atoms with E-state index in [2.05, 4.69) is 19.2 Å². The molecule has 0 aliphatic heterocycles. The average Bonchev–Trinajstić information content (AvgIpc) is 3.04. The van der Waals surface area contributed by atoms with Gasteiger partial charge in [0.25, 0.3) is 0 Å². The number of ether oxygens (including phenoxy) is 1. The van der Waals surface area contributed by atoms with Gasteiger partial charge in [0, 0.05) is 19.3 Å². The van der Waals surface area contributed by atoms with Crippen LogP contribution in [0.5, 0.6) is 0 Å². The summed E-state index contributed by atoms with van der Waals surface area (Å²) in [5, 5.41) is 3.59. The molecule has 0 aromatic heterocycles. The van der Waals surface area contributed by atoms with Gasteiger partial charge in [-0.15, -0.1) is 0 Å². The fourth-order valence-corrected chi connectivity index (χ4v) is 2.06. The molecule has 90 valence electrons. The zero-order valence-corrected chi connectivity index (χ0v) is 10.4. The van der Waals surface area contributed by atoms with Crippen molar-refractivity contribution in [2.45, 2.75) is 58.4 Å². The lowest BCUT2D eigenvalue weighted by atomic mass is 10.0. The molecule has 1 unspecified atom stereocenters. The number of hydrogen-bond donors (Lipinski definition) is 1. The maximum Gasteiger partial charge on any atom is 0.0466 e. The molecule has 15 heavy (non-hydrogen) atoms. The first-order valence-electron chi connectivity index (χ1n) is 6.68. The van der Waals surface area contributed by atoms with Gasteiger partial charge in [-0.25, -0.2) is 0 Å². The van der Waals surface area contributed by atoms with Crippen molar-refractivity contribution < 1.29 is 4.74 Å². The molecule has 0 aromatic carbocycles. The molecule has 2 nitrogen and oxygen atoms in total. The number of nitrogens with one attached hydrogen (secondary N) is 1. The minimum Gasteiger partial charge on any atom is -0.382 e. The first-order chi connectivity index (χ1) is 7.36. The summed E-state index contributed by atoms with van der Waals surface area (Å²) < 4.78 is 5.37. The normalized spacial score (nSPS) is 18.0. The van der Waals surface area contributed by atoms with Crippen LogP contribution in [-0.2, 0) is 4.74 Å². The van der Waals surface area contributed by atoms with Crippen molar-refractivity contribution in [2.75, 3.05) is 19.8 Å². The van der Waals surface area contributed by atoms with Crippen LogP contribution < -0.4 is 5.32 Å².